The summed E-state index contributed by atoms with van der Waals surface area (Å²) in [7, 11) is 0. The van der Waals surface area contributed by atoms with Crippen LogP contribution in [0.15, 0.2) is 42.5 Å². The molecule has 0 aliphatic carbocycles. The van der Waals surface area contributed by atoms with Crippen molar-refractivity contribution in [2.75, 3.05) is 11.9 Å². The lowest BCUT2D eigenvalue weighted by Gasteiger charge is -2.12. The van der Waals surface area contributed by atoms with Crippen molar-refractivity contribution in [3.05, 3.63) is 63.2 Å². The molecule has 144 valence electrons. The molecule has 2 rings (SSSR count). The number of nitro benzene ring substituents is 1. The maximum atomic E-state index is 12.8. The number of anilines is 1. The fraction of sp³-hybridized carbons (Fsp3) is 0.235. The van der Waals surface area contributed by atoms with Crippen LogP contribution in [0, 0.1) is 10.1 Å². The predicted molar refractivity (Wildman–Crippen MR) is 92.9 cm³/mol. The molecule has 0 radical (unpaired) electrons. The third-order valence-electron chi connectivity index (χ3n) is 3.42. The van der Waals surface area contributed by atoms with Gasteiger partial charge in [0, 0.05) is 18.2 Å². The number of rotatable bonds is 7. The molecular formula is C17H14ClF3N2O4. The molecule has 10 heteroatoms. The van der Waals surface area contributed by atoms with Crippen molar-refractivity contribution in [3.63, 3.8) is 0 Å². The van der Waals surface area contributed by atoms with Crippen LogP contribution in [0.5, 0.6) is 5.75 Å². The van der Waals surface area contributed by atoms with Crippen molar-refractivity contribution in [2.45, 2.75) is 19.0 Å². The summed E-state index contributed by atoms with van der Waals surface area (Å²) in [5, 5.41) is 12.7. The first-order chi connectivity index (χ1) is 12.7. The zero-order chi connectivity index (χ0) is 20.0. The molecule has 1 amide bonds. The average Bonchev–Trinajstić information content (AvgIpc) is 2.59. The molecule has 0 heterocycles. The lowest BCUT2D eigenvalue weighted by Crippen LogP contribution is -2.14. The topological polar surface area (TPSA) is 81.5 Å². The molecule has 0 atom stereocenters. The van der Waals surface area contributed by atoms with E-state index >= 15 is 0 Å². The number of nitrogens with zero attached hydrogens (tertiary/aromatic N) is 1. The van der Waals surface area contributed by atoms with Gasteiger partial charge in [0.25, 0.3) is 0 Å². The fourth-order valence-corrected chi connectivity index (χ4v) is 2.41. The van der Waals surface area contributed by atoms with Crippen molar-refractivity contribution >= 4 is 28.9 Å². The molecule has 6 nitrogen and oxygen atoms in total. The number of ether oxygens (including phenoxy) is 1. The highest BCUT2D eigenvalue weighted by atomic mass is 35.5. The van der Waals surface area contributed by atoms with Gasteiger partial charge in [0.15, 0.2) is 5.75 Å². The van der Waals surface area contributed by atoms with Gasteiger partial charge in [-0.2, -0.15) is 13.2 Å². The van der Waals surface area contributed by atoms with Gasteiger partial charge in [-0.05, 0) is 30.7 Å². The third kappa shape index (κ3) is 5.85. The minimum Gasteiger partial charge on any atom is -0.487 e. The molecule has 0 aromatic heterocycles. The monoisotopic (exact) mass is 402 g/mol. The standard InChI is InChI=1S/C17H14ClF3N2O4/c18-13-8-7-11(10-12(13)17(19,20)21)22-16(24)6-3-9-27-15-5-2-1-4-14(15)23(25)26/h1-2,4-5,7-8,10H,3,6,9H2,(H,22,24). The maximum Gasteiger partial charge on any atom is 0.417 e. The number of halogens is 4. The number of nitro groups is 1. The van der Waals surface area contributed by atoms with E-state index in [2.05, 4.69) is 5.32 Å². The first kappa shape index (κ1) is 20.5. The average molecular weight is 403 g/mol. The van der Waals surface area contributed by atoms with E-state index in [1.165, 1.54) is 24.3 Å². The number of para-hydroxylation sites is 2. The van der Waals surface area contributed by atoms with Crippen molar-refractivity contribution in [1.82, 2.24) is 0 Å². The molecule has 0 bridgehead atoms. The van der Waals surface area contributed by atoms with Crippen LogP contribution in [0.4, 0.5) is 24.5 Å². The Bertz CT molecular complexity index is 843. The third-order valence-corrected chi connectivity index (χ3v) is 3.75. The summed E-state index contributed by atoms with van der Waals surface area (Å²) >= 11 is 5.52. The molecule has 0 aliphatic heterocycles. The number of benzene rings is 2. The molecule has 2 aromatic carbocycles. The highest BCUT2D eigenvalue weighted by Crippen LogP contribution is 2.36. The zero-order valence-electron chi connectivity index (χ0n) is 13.8. The predicted octanol–water partition coefficient (Wildman–Crippen LogP) is 5.06. The number of nitrogens with one attached hydrogen (secondary N) is 1. The van der Waals surface area contributed by atoms with Crippen molar-refractivity contribution in [3.8, 4) is 5.75 Å². The summed E-state index contributed by atoms with van der Waals surface area (Å²) in [5.41, 5.74) is -1.26. The van der Waals surface area contributed by atoms with E-state index in [0.717, 1.165) is 12.1 Å². The molecule has 0 aliphatic rings. The van der Waals surface area contributed by atoms with Crippen LogP contribution in [-0.4, -0.2) is 17.4 Å². The Hall–Kier alpha value is -2.81. The van der Waals surface area contributed by atoms with Gasteiger partial charge in [0.1, 0.15) is 0 Å². The van der Waals surface area contributed by atoms with Gasteiger partial charge in [0.2, 0.25) is 5.91 Å². The summed E-state index contributed by atoms with van der Waals surface area (Å²) in [5.74, 6) is -0.438. The second-order valence-corrected chi connectivity index (χ2v) is 5.82. The Balaban J connectivity index is 1.86. The first-order valence-corrected chi connectivity index (χ1v) is 8.09. The summed E-state index contributed by atoms with van der Waals surface area (Å²) in [6.45, 7) is 0.0344. The van der Waals surface area contributed by atoms with Crippen LogP contribution in [-0.2, 0) is 11.0 Å². The van der Waals surface area contributed by atoms with Gasteiger partial charge >= 0.3 is 11.9 Å². The van der Waals surface area contributed by atoms with E-state index < -0.39 is 27.6 Å². The Kier molecular flexibility index (Phi) is 6.62. The first-order valence-electron chi connectivity index (χ1n) is 7.71. The van der Waals surface area contributed by atoms with Crippen molar-refractivity contribution in [1.29, 1.82) is 0 Å². The van der Waals surface area contributed by atoms with Gasteiger partial charge in [-0.25, -0.2) is 0 Å². The summed E-state index contributed by atoms with van der Waals surface area (Å²) in [6.07, 6.45) is -4.45. The van der Waals surface area contributed by atoms with Crippen LogP contribution in [0.1, 0.15) is 18.4 Å². The molecule has 0 unspecified atom stereocenters. The van der Waals surface area contributed by atoms with Gasteiger partial charge in [0.05, 0.1) is 22.1 Å². The number of carbonyl (C=O) groups excluding carboxylic acids is 1. The van der Waals surface area contributed by atoms with E-state index in [9.17, 15) is 28.1 Å². The van der Waals surface area contributed by atoms with E-state index in [0.29, 0.717) is 0 Å². The largest absolute Gasteiger partial charge is 0.487 e. The molecule has 0 saturated heterocycles. The van der Waals surface area contributed by atoms with Crippen LogP contribution in [0.3, 0.4) is 0 Å². The zero-order valence-corrected chi connectivity index (χ0v) is 14.5. The Morgan fingerprint density at radius 1 is 1.22 bits per heavy atom. The number of amides is 1. The Labute approximate surface area is 157 Å². The van der Waals surface area contributed by atoms with Crippen molar-refractivity contribution < 1.29 is 27.6 Å². The highest BCUT2D eigenvalue weighted by Gasteiger charge is 2.33. The SMILES string of the molecule is O=C(CCCOc1ccccc1[N+](=O)[O-])Nc1ccc(Cl)c(C(F)(F)F)c1. The van der Waals surface area contributed by atoms with Gasteiger partial charge in [-0.15, -0.1) is 0 Å². The number of hydrogen-bond acceptors (Lipinski definition) is 4. The van der Waals surface area contributed by atoms with Gasteiger partial charge in [-0.1, -0.05) is 23.7 Å². The molecule has 2 aromatic rings. The molecule has 0 fully saturated rings. The minimum absolute atomic E-state index is 0.0312. The highest BCUT2D eigenvalue weighted by molar-refractivity contribution is 6.31. The lowest BCUT2D eigenvalue weighted by molar-refractivity contribution is -0.385. The van der Waals surface area contributed by atoms with E-state index in [1.54, 1.807) is 6.07 Å². The summed E-state index contributed by atoms with van der Waals surface area (Å²) in [6, 6.07) is 8.87. The quantitative estimate of drug-likeness (QED) is 0.398. The smallest absolute Gasteiger partial charge is 0.417 e. The molecular weight excluding hydrogens is 389 g/mol. The van der Waals surface area contributed by atoms with E-state index in [1.807, 2.05) is 0 Å². The summed E-state index contributed by atoms with van der Waals surface area (Å²) in [4.78, 5) is 22.1. The molecule has 0 spiro atoms. The Morgan fingerprint density at radius 2 is 1.93 bits per heavy atom. The van der Waals surface area contributed by atoms with Crippen LogP contribution < -0.4 is 10.1 Å². The Morgan fingerprint density at radius 3 is 2.59 bits per heavy atom. The van der Waals surface area contributed by atoms with E-state index in [4.69, 9.17) is 16.3 Å². The molecule has 27 heavy (non-hydrogen) atoms. The maximum absolute atomic E-state index is 12.8. The molecule has 1 N–H and O–H groups in total. The number of carbonyl (C=O) groups is 1. The molecule has 0 saturated carbocycles. The van der Waals surface area contributed by atoms with E-state index in [-0.39, 0.29) is 36.6 Å². The number of alkyl halides is 3. The minimum atomic E-state index is -4.63. The second kappa shape index (κ2) is 8.72. The van der Waals surface area contributed by atoms with Crippen LogP contribution >= 0.6 is 11.6 Å². The summed E-state index contributed by atoms with van der Waals surface area (Å²) < 4.78 is 43.7. The second-order valence-electron chi connectivity index (χ2n) is 5.42. The van der Waals surface area contributed by atoms with Crippen molar-refractivity contribution in [2.24, 2.45) is 0 Å². The van der Waals surface area contributed by atoms with Gasteiger partial charge < -0.3 is 10.1 Å². The lowest BCUT2D eigenvalue weighted by atomic mass is 10.2. The number of hydrogen-bond donors (Lipinski definition) is 1. The van der Waals surface area contributed by atoms with Crippen LogP contribution in [0.2, 0.25) is 5.02 Å². The van der Waals surface area contributed by atoms with Crippen LogP contribution in [0.25, 0.3) is 0 Å². The van der Waals surface area contributed by atoms with Gasteiger partial charge in [-0.3, -0.25) is 14.9 Å². The normalized spacial score (nSPS) is 11.1. The fourth-order valence-electron chi connectivity index (χ4n) is 2.19.